The fourth-order valence-electron chi connectivity index (χ4n) is 7.91. The summed E-state index contributed by atoms with van der Waals surface area (Å²) in [5.41, 5.74) is 3.72. The van der Waals surface area contributed by atoms with Crippen molar-refractivity contribution >= 4 is 11.8 Å². The quantitative estimate of drug-likeness (QED) is 0.124. The van der Waals surface area contributed by atoms with Crippen LogP contribution in [-0.4, -0.2) is 64.9 Å². The second kappa shape index (κ2) is 14.2. The molecule has 0 saturated carbocycles. The van der Waals surface area contributed by atoms with Crippen LogP contribution in [0.3, 0.4) is 0 Å². The number of H-pyrrole nitrogens is 2. The lowest BCUT2D eigenvalue weighted by Gasteiger charge is -2.31. The van der Waals surface area contributed by atoms with Crippen LogP contribution in [0.4, 0.5) is 0 Å². The van der Waals surface area contributed by atoms with Gasteiger partial charge in [-0.2, -0.15) is 0 Å². The molecular weight excluding hydrogens is 677 g/mol. The van der Waals surface area contributed by atoms with Gasteiger partial charge in [-0.05, 0) is 72.9 Å². The standard InChI is InChI=1S/C44H44N6O4/c1-43(53,33-11-5-3-6-12-33)41(51)49-25-9-15-37(49)39-45-27-35(47-39)31-21-17-29(18-22-31)30-19-23-32(24-20-30)36-28-46-40(48-36)38-16-10-26-50(38)42(52)44(2,54)34-13-7-4-8-14-34/h3-8,11-14,17-24,27-28,37-38,53-54H,9-10,15-16,25-26H2,1-2H3,(H,45,47)(H,46,48)/t37-,38-,43-,44-/m0/s1. The Labute approximate surface area is 314 Å². The Hall–Kier alpha value is -5.84. The third-order valence-electron chi connectivity index (χ3n) is 11.1. The van der Waals surface area contributed by atoms with E-state index >= 15 is 0 Å². The van der Waals surface area contributed by atoms with Crippen LogP contribution in [0, 0.1) is 0 Å². The number of nitrogens with zero attached hydrogens (tertiary/aromatic N) is 4. The number of amides is 2. The molecule has 2 aromatic heterocycles. The van der Waals surface area contributed by atoms with E-state index in [1.54, 1.807) is 60.3 Å². The molecule has 0 spiro atoms. The minimum atomic E-state index is -1.62. The van der Waals surface area contributed by atoms with Crippen molar-refractivity contribution < 1.29 is 19.8 Å². The molecule has 2 amide bonds. The van der Waals surface area contributed by atoms with Crippen LogP contribution >= 0.6 is 0 Å². The van der Waals surface area contributed by atoms with E-state index in [0.717, 1.165) is 59.3 Å². The van der Waals surface area contributed by atoms with Crippen molar-refractivity contribution in [2.24, 2.45) is 0 Å². The molecule has 54 heavy (non-hydrogen) atoms. The molecule has 2 aliphatic heterocycles. The number of aromatic nitrogens is 4. The van der Waals surface area contributed by atoms with Gasteiger partial charge in [-0.3, -0.25) is 9.59 Å². The van der Waals surface area contributed by atoms with Crippen LogP contribution in [0.15, 0.2) is 122 Å². The molecule has 4 aromatic carbocycles. The number of benzene rings is 4. The van der Waals surface area contributed by atoms with Crippen molar-refractivity contribution in [2.75, 3.05) is 13.1 Å². The van der Waals surface area contributed by atoms with Crippen LogP contribution in [0.25, 0.3) is 33.6 Å². The largest absolute Gasteiger partial charge is 0.376 e. The first-order chi connectivity index (χ1) is 26.1. The predicted octanol–water partition coefficient (Wildman–Crippen LogP) is 7.28. The SMILES string of the molecule is C[C@@](O)(C(=O)N1CCC[C@H]1c1ncc(-c2ccc(-c3ccc(-c4cnc([C@@H]5CCCN5C(=O)[C@@](C)(O)c5ccccc5)[nH]4)cc3)cc2)[nH]1)c1ccccc1. The Morgan fingerprint density at radius 1 is 0.574 bits per heavy atom. The zero-order valence-electron chi connectivity index (χ0n) is 30.4. The summed E-state index contributed by atoms with van der Waals surface area (Å²) in [6.07, 6.45) is 6.84. The molecule has 8 rings (SSSR count). The second-order valence-electron chi connectivity index (χ2n) is 14.7. The summed E-state index contributed by atoms with van der Waals surface area (Å²) < 4.78 is 0. The van der Waals surface area contributed by atoms with E-state index in [-0.39, 0.29) is 23.9 Å². The third kappa shape index (κ3) is 6.52. The topological polar surface area (TPSA) is 138 Å². The molecule has 0 bridgehead atoms. The molecule has 0 aliphatic carbocycles. The number of rotatable bonds is 9. The van der Waals surface area contributed by atoms with Crippen molar-refractivity contribution in [3.8, 4) is 33.6 Å². The van der Waals surface area contributed by atoms with Gasteiger partial charge in [-0.1, -0.05) is 109 Å². The molecule has 0 radical (unpaired) electrons. The summed E-state index contributed by atoms with van der Waals surface area (Å²) in [5.74, 6) is 0.790. The number of aromatic amines is 2. The molecule has 4 heterocycles. The highest BCUT2D eigenvalue weighted by Gasteiger charge is 2.43. The lowest BCUT2D eigenvalue weighted by molar-refractivity contribution is -0.152. The van der Waals surface area contributed by atoms with Crippen LogP contribution in [-0.2, 0) is 20.8 Å². The monoisotopic (exact) mass is 720 g/mol. The van der Waals surface area contributed by atoms with E-state index in [0.29, 0.717) is 35.9 Å². The maximum absolute atomic E-state index is 13.6. The van der Waals surface area contributed by atoms with E-state index < -0.39 is 11.2 Å². The summed E-state index contributed by atoms with van der Waals surface area (Å²) in [7, 11) is 0. The summed E-state index contributed by atoms with van der Waals surface area (Å²) in [6, 6.07) is 34.2. The van der Waals surface area contributed by atoms with Gasteiger partial charge in [0.1, 0.15) is 11.6 Å². The summed E-state index contributed by atoms with van der Waals surface area (Å²) >= 11 is 0. The van der Waals surface area contributed by atoms with Crippen LogP contribution in [0.5, 0.6) is 0 Å². The highest BCUT2D eigenvalue weighted by molar-refractivity contribution is 5.87. The van der Waals surface area contributed by atoms with E-state index in [9.17, 15) is 19.8 Å². The molecule has 4 atom stereocenters. The third-order valence-corrected chi connectivity index (χ3v) is 11.1. The van der Waals surface area contributed by atoms with E-state index in [4.69, 9.17) is 0 Å². The number of hydrogen-bond donors (Lipinski definition) is 4. The van der Waals surface area contributed by atoms with Crippen LogP contribution in [0.1, 0.15) is 74.4 Å². The molecule has 2 fully saturated rings. The fraction of sp³-hybridized carbons (Fsp3) is 0.273. The van der Waals surface area contributed by atoms with Gasteiger partial charge in [0, 0.05) is 13.1 Å². The van der Waals surface area contributed by atoms with Crippen molar-refractivity contribution in [3.63, 3.8) is 0 Å². The van der Waals surface area contributed by atoms with Gasteiger partial charge < -0.3 is 30.0 Å². The van der Waals surface area contributed by atoms with Crippen molar-refractivity contribution in [1.82, 2.24) is 29.7 Å². The van der Waals surface area contributed by atoms with E-state index in [2.05, 4.69) is 68.5 Å². The number of likely N-dealkylation sites (tertiary alicyclic amines) is 2. The zero-order valence-corrected chi connectivity index (χ0v) is 30.4. The highest BCUT2D eigenvalue weighted by atomic mass is 16.3. The number of carbonyl (C=O) groups excluding carboxylic acids is 2. The molecule has 2 saturated heterocycles. The lowest BCUT2D eigenvalue weighted by atomic mass is 9.94. The van der Waals surface area contributed by atoms with Gasteiger partial charge in [0.05, 0.1) is 35.9 Å². The van der Waals surface area contributed by atoms with Gasteiger partial charge in [-0.15, -0.1) is 0 Å². The Bertz CT molecular complexity index is 2080. The number of nitrogens with one attached hydrogen (secondary N) is 2. The van der Waals surface area contributed by atoms with E-state index in [1.165, 1.54) is 0 Å². The van der Waals surface area contributed by atoms with Gasteiger partial charge >= 0.3 is 0 Å². The van der Waals surface area contributed by atoms with E-state index in [1.807, 2.05) is 36.4 Å². The molecule has 2 aliphatic rings. The molecule has 10 heteroatoms. The molecular formula is C44H44N6O4. The first kappa shape index (κ1) is 35.2. The molecule has 4 N–H and O–H groups in total. The van der Waals surface area contributed by atoms with Crippen LogP contribution in [0.2, 0.25) is 0 Å². The summed E-state index contributed by atoms with van der Waals surface area (Å²) in [5, 5.41) is 22.5. The number of aliphatic hydroxyl groups is 2. The van der Waals surface area contributed by atoms with Crippen molar-refractivity contribution in [2.45, 2.75) is 62.8 Å². The normalized spacial score (nSPS) is 19.4. The van der Waals surface area contributed by atoms with Crippen LogP contribution < -0.4 is 0 Å². The Kier molecular flexibility index (Phi) is 9.25. The minimum absolute atomic E-state index is 0.235. The number of carbonyl (C=O) groups is 2. The molecule has 274 valence electrons. The summed E-state index contributed by atoms with van der Waals surface area (Å²) in [6.45, 7) is 4.26. The Morgan fingerprint density at radius 2 is 0.926 bits per heavy atom. The predicted molar refractivity (Wildman–Crippen MR) is 206 cm³/mol. The molecule has 6 aromatic rings. The van der Waals surface area contributed by atoms with Crippen molar-refractivity contribution in [3.05, 3.63) is 144 Å². The average molecular weight is 721 g/mol. The zero-order chi connectivity index (χ0) is 37.5. The average Bonchev–Trinajstić information content (AvgIpc) is 4.05. The van der Waals surface area contributed by atoms with Gasteiger partial charge in [0.25, 0.3) is 11.8 Å². The Balaban J connectivity index is 0.931. The maximum Gasteiger partial charge on any atom is 0.259 e. The van der Waals surface area contributed by atoms with Crippen molar-refractivity contribution in [1.29, 1.82) is 0 Å². The summed E-state index contributed by atoms with van der Waals surface area (Å²) in [4.78, 5) is 46.9. The maximum atomic E-state index is 13.6. The minimum Gasteiger partial charge on any atom is -0.376 e. The first-order valence-electron chi connectivity index (χ1n) is 18.6. The molecule has 10 nitrogen and oxygen atoms in total. The first-order valence-corrected chi connectivity index (χ1v) is 18.6. The van der Waals surface area contributed by atoms with Gasteiger partial charge in [0.15, 0.2) is 11.2 Å². The van der Waals surface area contributed by atoms with Gasteiger partial charge in [-0.25, -0.2) is 9.97 Å². The number of imidazole rings is 2. The van der Waals surface area contributed by atoms with Gasteiger partial charge in [0.2, 0.25) is 0 Å². The number of hydrogen-bond acceptors (Lipinski definition) is 6. The fourth-order valence-corrected chi connectivity index (χ4v) is 7.91. The lowest BCUT2D eigenvalue weighted by Crippen LogP contribution is -2.45. The highest BCUT2D eigenvalue weighted by Crippen LogP contribution is 2.38. The smallest absolute Gasteiger partial charge is 0.259 e. The second-order valence-corrected chi connectivity index (χ2v) is 14.7. The Morgan fingerprint density at radius 3 is 1.30 bits per heavy atom. The molecule has 0 unspecified atom stereocenters.